The van der Waals surface area contributed by atoms with Crippen molar-refractivity contribution in [2.75, 3.05) is 13.2 Å². The average molecular weight is 267 g/mol. The molecule has 0 aliphatic heterocycles. The van der Waals surface area contributed by atoms with Gasteiger partial charge in [-0.2, -0.15) is 0 Å². The van der Waals surface area contributed by atoms with Crippen molar-refractivity contribution >= 4 is 0 Å². The van der Waals surface area contributed by atoms with Crippen molar-refractivity contribution in [1.82, 2.24) is 5.32 Å². The maximum Gasteiger partial charge on any atom is 0.123 e. The summed E-state index contributed by atoms with van der Waals surface area (Å²) in [5.41, 5.74) is 0.734. The van der Waals surface area contributed by atoms with Gasteiger partial charge in [-0.15, -0.1) is 0 Å². The molecule has 0 bridgehead atoms. The second-order valence-electron chi connectivity index (χ2n) is 5.38. The van der Waals surface area contributed by atoms with Gasteiger partial charge >= 0.3 is 0 Å². The van der Waals surface area contributed by atoms with E-state index in [4.69, 9.17) is 4.74 Å². The quantitative estimate of drug-likeness (QED) is 0.777. The Balaban J connectivity index is 2.79. The Kier molecular flexibility index (Phi) is 6.46. The number of ether oxygens (including phenoxy) is 1. The fourth-order valence-electron chi connectivity index (χ4n) is 2.25. The van der Waals surface area contributed by atoms with E-state index in [2.05, 4.69) is 26.1 Å². The first-order valence-corrected chi connectivity index (χ1v) is 7.11. The monoisotopic (exact) mass is 267 g/mol. The second kappa shape index (κ2) is 7.61. The van der Waals surface area contributed by atoms with E-state index >= 15 is 0 Å². The highest BCUT2D eigenvalue weighted by Crippen LogP contribution is 2.19. The Morgan fingerprint density at radius 3 is 2.63 bits per heavy atom. The fourth-order valence-corrected chi connectivity index (χ4v) is 2.25. The highest BCUT2D eigenvalue weighted by molar-refractivity contribution is 5.18. The Hall–Kier alpha value is -0.930. The van der Waals surface area contributed by atoms with E-state index in [0.717, 1.165) is 24.9 Å². The average Bonchev–Trinajstić information content (AvgIpc) is 2.34. The molecule has 1 atom stereocenters. The van der Waals surface area contributed by atoms with Crippen molar-refractivity contribution in [1.29, 1.82) is 0 Å². The van der Waals surface area contributed by atoms with Gasteiger partial charge in [0.05, 0.1) is 5.60 Å². The molecule has 1 N–H and O–H groups in total. The summed E-state index contributed by atoms with van der Waals surface area (Å²) in [7, 11) is 0. The summed E-state index contributed by atoms with van der Waals surface area (Å²) >= 11 is 0. The molecule has 2 nitrogen and oxygen atoms in total. The standard InChI is InChI=1S/C16H26FNO/c1-5-10-18-15(16(3,4)19-6-2)12-13-8-7-9-14(17)11-13/h7-9,11,15,18H,5-6,10,12H2,1-4H3. The molecule has 0 spiro atoms. The van der Waals surface area contributed by atoms with Crippen LogP contribution in [0.5, 0.6) is 0 Å². The van der Waals surface area contributed by atoms with E-state index in [-0.39, 0.29) is 17.5 Å². The largest absolute Gasteiger partial charge is 0.374 e. The minimum absolute atomic E-state index is 0.175. The predicted molar refractivity (Wildman–Crippen MR) is 77.9 cm³/mol. The van der Waals surface area contributed by atoms with Crippen LogP contribution in [0.25, 0.3) is 0 Å². The van der Waals surface area contributed by atoms with Crippen molar-refractivity contribution in [3.63, 3.8) is 0 Å². The minimum Gasteiger partial charge on any atom is -0.374 e. The Labute approximate surface area is 116 Å². The van der Waals surface area contributed by atoms with Crippen molar-refractivity contribution in [3.8, 4) is 0 Å². The summed E-state index contributed by atoms with van der Waals surface area (Å²) in [6.45, 7) is 9.93. The molecule has 3 heteroatoms. The van der Waals surface area contributed by atoms with Crippen molar-refractivity contribution < 1.29 is 9.13 Å². The van der Waals surface area contributed by atoms with E-state index < -0.39 is 0 Å². The third kappa shape index (κ3) is 5.29. The summed E-state index contributed by atoms with van der Waals surface area (Å²) in [5, 5.41) is 3.51. The third-order valence-corrected chi connectivity index (χ3v) is 3.33. The third-order valence-electron chi connectivity index (χ3n) is 3.33. The lowest BCUT2D eigenvalue weighted by atomic mass is 9.92. The lowest BCUT2D eigenvalue weighted by Crippen LogP contribution is -2.50. The van der Waals surface area contributed by atoms with Crippen LogP contribution >= 0.6 is 0 Å². The molecule has 0 heterocycles. The molecule has 0 amide bonds. The van der Waals surface area contributed by atoms with E-state index in [1.54, 1.807) is 12.1 Å². The lowest BCUT2D eigenvalue weighted by molar-refractivity contribution is -0.0380. The molecule has 0 saturated heterocycles. The molecule has 0 aromatic heterocycles. The molecule has 108 valence electrons. The summed E-state index contributed by atoms with van der Waals surface area (Å²) in [5.74, 6) is -0.180. The van der Waals surface area contributed by atoms with E-state index in [1.165, 1.54) is 6.07 Å². The maximum absolute atomic E-state index is 13.3. The molecule has 19 heavy (non-hydrogen) atoms. The lowest BCUT2D eigenvalue weighted by Gasteiger charge is -2.35. The zero-order chi connectivity index (χ0) is 14.3. The van der Waals surface area contributed by atoms with Crippen LogP contribution in [-0.4, -0.2) is 24.8 Å². The first-order valence-electron chi connectivity index (χ1n) is 7.11. The minimum atomic E-state index is -0.268. The molecular weight excluding hydrogens is 241 g/mol. The Bertz CT molecular complexity index is 379. The Morgan fingerprint density at radius 1 is 1.32 bits per heavy atom. The van der Waals surface area contributed by atoms with Crippen molar-refractivity contribution in [3.05, 3.63) is 35.6 Å². The van der Waals surface area contributed by atoms with E-state index in [0.29, 0.717) is 6.61 Å². The highest BCUT2D eigenvalue weighted by Gasteiger charge is 2.29. The van der Waals surface area contributed by atoms with Crippen molar-refractivity contribution in [2.24, 2.45) is 0 Å². The first-order chi connectivity index (χ1) is 8.99. The van der Waals surface area contributed by atoms with Crippen LogP contribution in [-0.2, 0) is 11.2 Å². The topological polar surface area (TPSA) is 21.3 Å². The molecule has 0 fully saturated rings. The number of halogens is 1. The van der Waals surface area contributed by atoms with Gasteiger partial charge in [0, 0.05) is 12.6 Å². The van der Waals surface area contributed by atoms with E-state index in [1.807, 2.05) is 13.0 Å². The zero-order valence-corrected chi connectivity index (χ0v) is 12.5. The summed E-state index contributed by atoms with van der Waals surface area (Å²) in [6, 6.07) is 6.98. The number of hydrogen-bond donors (Lipinski definition) is 1. The van der Waals surface area contributed by atoms with Crippen LogP contribution in [0.3, 0.4) is 0 Å². The second-order valence-corrected chi connectivity index (χ2v) is 5.38. The summed E-state index contributed by atoms with van der Waals surface area (Å²) in [4.78, 5) is 0. The number of hydrogen-bond acceptors (Lipinski definition) is 2. The van der Waals surface area contributed by atoms with Crippen LogP contribution in [0, 0.1) is 5.82 Å². The predicted octanol–water partition coefficient (Wildman–Crippen LogP) is 3.55. The molecule has 0 saturated carbocycles. The zero-order valence-electron chi connectivity index (χ0n) is 12.5. The van der Waals surface area contributed by atoms with Crippen molar-refractivity contribution in [2.45, 2.75) is 52.2 Å². The smallest absolute Gasteiger partial charge is 0.123 e. The molecular formula is C16H26FNO. The van der Waals surface area contributed by atoms with Crippen LogP contribution in [0.15, 0.2) is 24.3 Å². The van der Waals surface area contributed by atoms with Gasteiger partial charge < -0.3 is 10.1 Å². The Morgan fingerprint density at radius 2 is 2.05 bits per heavy atom. The SMILES string of the molecule is CCCNC(Cc1cccc(F)c1)C(C)(C)OCC. The van der Waals surface area contributed by atoms with Crippen LogP contribution in [0.1, 0.15) is 39.7 Å². The van der Waals surface area contributed by atoms with Gasteiger partial charge in [0.25, 0.3) is 0 Å². The summed E-state index contributed by atoms with van der Waals surface area (Å²) in [6.07, 6.45) is 1.84. The molecule has 1 unspecified atom stereocenters. The van der Waals surface area contributed by atoms with Gasteiger partial charge in [-0.3, -0.25) is 0 Å². The molecule has 0 aliphatic rings. The number of rotatable bonds is 8. The normalized spacial score (nSPS) is 13.5. The van der Waals surface area contributed by atoms with Crippen LogP contribution < -0.4 is 5.32 Å². The van der Waals surface area contributed by atoms with Gasteiger partial charge in [0.15, 0.2) is 0 Å². The van der Waals surface area contributed by atoms with Gasteiger partial charge in [-0.05, 0) is 57.9 Å². The first kappa shape index (κ1) is 16.1. The van der Waals surface area contributed by atoms with Gasteiger partial charge in [-0.25, -0.2) is 4.39 Å². The van der Waals surface area contributed by atoms with Crippen LogP contribution in [0.2, 0.25) is 0 Å². The molecule has 0 radical (unpaired) electrons. The molecule has 0 aliphatic carbocycles. The summed E-state index contributed by atoms with van der Waals surface area (Å²) < 4.78 is 19.1. The molecule has 1 rings (SSSR count). The highest BCUT2D eigenvalue weighted by atomic mass is 19.1. The van der Waals surface area contributed by atoms with Gasteiger partial charge in [-0.1, -0.05) is 19.1 Å². The molecule has 1 aromatic carbocycles. The number of nitrogens with one attached hydrogen (secondary N) is 1. The van der Waals surface area contributed by atoms with Gasteiger partial charge in [0.1, 0.15) is 5.82 Å². The van der Waals surface area contributed by atoms with E-state index in [9.17, 15) is 4.39 Å². The number of benzene rings is 1. The van der Waals surface area contributed by atoms with Gasteiger partial charge in [0.2, 0.25) is 0 Å². The molecule has 1 aromatic rings. The fraction of sp³-hybridized carbons (Fsp3) is 0.625. The van der Waals surface area contributed by atoms with Crippen LogP contribution in [0.4, 0.5) is 4.39 Å². The maximum atomic E-state index is 13.3.